The number of hydrogen-bond donors (Lipinski definition) is 0. The molecule has 2 saturated heterocycles. The quantitative estimate of drug-likeness (QED) is 0.837. The average molecular weight is 287 g/mol. The van der Waals surface area contributed by atoms with Crippen LogP contribution >= 0.6 is 0 Å². The Kier molecular flexibility index (Phi) is 4.40. The van der Waals surface area contributed by atoms with Crippen molar-refractivity contribution in [3.63, 3.8) is 0 Å². The fourth-order valence-electron chi connectivity index (χ4n) is 3.62. The van der Waals surface area contributed by atoms with Crippen LogP contribution in [0.3, 0.4) is 0 Å². The topological polar surface area (TPSA) is 30.3 Å². The maximum Gasteiger partial charge on any atom is 0.124 e. The third kappa shape index (κ3) is 3.19. The summed E-state index contributed by atoms with van der Waals surface area (Å²) >= 11 is 0. The van der Waals surface area contributed by atoms with Crippen LogP contribution in [0, 0.1) is 17.1 Å². The first-order valence-electron chi connectivity index (χ1n) is 7.96. The second-order valence-electron chi connectivity index (χ2n) is 6.11. The minimum Gasteiger partial charge on any atom is -0.369 e. The largest absolute Gasteiger partial charge is 0.369 e. The molecule has 2 aliphatic heterocycles. The van der Waals surface area contributed by atoms with Crippen LogP contribution in [0.5, 0.6) is 0 Å². The first-order valence-corrected chi connectivity index (χ1v) is 7.96. The van der Waals surface area contributed by atoms with Gasteiger partial charge in [0.15, 0.2) is 0 Å². The van der Waals surface area contributed by atoms with E-state index in [1.807, 2.05) is 0 Å². The van der Waals surface area contributed by atoms with E-state index in [2.05, 4.69) is 15.9 Å². The average Bonchev–Trinajstić information content (AvgIpc) is 2.92. The van der Waals surface area contributed by atoms with Crippen molar-refractivity contribution in [1.82, 2.24) is 4.90 Å². The Balaban J connectivity index is 1.81. The van der Waals surface area contributed by atoms with E-state index in [1.165, 1.54) is 50.9 Å². The SMILES string of the molecule is N#Cc1cc(F)ccc1N1CCCCC(N2CCCC2)C1. The lowest BCUT2D eigenvalue weighted by Gasteiger charge is -2.32. The van der Waals surface area contributed by atoms with Crippen LogP contribution < -0.4 is 4.90 Å². The standard InChI is InChI=1S/C17H22FN3/c18-15-6-7-17(14(11-15)12-19)21-10-2-1-5-16(13-21)20-8-3-4-9-20/h6-7,11,16H,1-5,8-10,13H2. The molecule has 112 valence electrons. The molecule has 1 aromatic carbocycles. The predicted octanol–water partition coefficient (Wildman–Crippen LogP) is 3.15. The second-order valence-corrected chi connectivity index (χ2v) is 6.11. The van der Waals surface area contributed by atoms with Gasteiger partial charge in [0.2, 0.25) is 0 Å². The molecular formula is C17H22FN3. The zero-order valence-corrected chi connectivity index (χ0v) is 12.4. The van der Waals surface area contributed by atoms with E-state index < -0.39 is 0 Å². The molecule has 2 heterocycles. The van der Waals surface area contributed by atoms with Gasteiger partial charge in [-0.3, -0.25) is 4.90 Å². The minimum absolute atomic E-state index is 0.332. The summed E-state index contributed by atoms with van der Waals surface area (Å²) in [6.45, 7) is 4.32. The van der Waals surface area contributed by atoms with E-state index >= 15 is 0 Å². The number of nitriles is 1. The number of anilines is 1. The van der Waals surface area contributed by atoms with Crippen molar-refractivity contribution in [2.75, 3.05) is 31.1 Å². The number of halogens is 1. The summed E-state index contributed by atoms with van der Waals surface area (Å²) in [6, 6.07) is 7.30. The molecule has 3 nitrogen and oxygen atoms in total. The third-order valence-corrected chi connectivity index (χ3v) is 4.72. The zero-order chi connectivity index (χ0) is 14.7. The molecular weight excluding hydrogens is 265 g/mol. The van der Waals surface area contributed by atoms with E-state index in [-0.39, 0.29) is 5.82 Å². The van der Waals surface area contributed by atoms with E-state index in [0.717, 1.165) is 25.2 Å². The molecule has 0 aliphatic carbocycles. The van der Waals surface area contributed by atoms with Gasteiger partial charge in [-0.15, -0.1) is 0 Å². The van der Waals surface area contributed by atoms with Gasteiger partial charge in [0, 0.05) is 19.1 Å². The van der Waals surface area contributed by atoms with Gasteiger partial charge in [0.1, 0.15) is 11.9 Å². The molecule has 0 aromatic heterocycles. The molecule has 0 amide bonds. The molecule has 21 heavy (non-hydrogen) atoms. The van der Waals surface area contributed by atoms with Gasteiger partial charge in [0.25, 0.3) is 0 Å². The summed E-state index contributed by atoms with van der Waals surface area (Å²) in [7, 11) is 0. The minimum atomic E-state index is -0.332. The zero-order valence-electron chi connectivity index (χ0n) is 12.4. The smallest absolute Gasteiger partial charge is 0.124 e. The maximum atomic E-state index is 13.3. The molecule has 0 radical (unpaired) electrons. The number of nitrogens with zero attached hydrogens (tertiary/aromatic N) is 3. The summed E-state index contributed by atoms with van der Waals surface area (Å²) in [4.78, 5) is 4.88. The fourth-order valence-corrected chi connectivity index (χ4v) is 3.62. The molecule has 3 rings (SSSR count). The molecule has 2 fully saturated rings. The van der Waals surface area contributed by atoms with Crippen molar-refractivity contribution >= 4 is 5.69 Å². The van der Waals surface area contributed by atoms with Gasteiger partial charge < -0.3 is 4.90 Å². The number of rotatable bonds is 2. The lowest BCUT2D eigenvalue weighted by atomic mass is 10.1. The van der Waals surface area contributed by atoms with Gasteiger partial charge in [-0.1, -0.05) is 6.42 Å². The predicted molar refractivity (Wildman–Crippen MR) is 81.8 cm³/mol. The number of hydrogen-bond acceptors (Lipinski definition) is 3. The Morgan fingerprint density at radius 1 is 1.10 bits per heavy atom. The highest BCUT2D eigenvalue weighted by Gasteiger charge is 2.26. The third-order valence-electron chi connectivity index (χ3n) is 4.72. The summed E-state index contributed by atoms with van der Waals surface area (Å²) in [5.41, 5.74) is 1.35. The Morgan fingerprint density at radius 3 is 2.62 bits per heavy atom. The molecule has 0 N–H and O–H groups in total. The summed E-state index contributed by atoms with van der Waals surface area (Å²) in [5, 5.41) is 9.27. The van der Waals surface area contributed by atoms with E-state index in [1.54, 1.807) is 6.07 Å². The van der Waals surface area contributed by atoms with Gasteiger partial charge in [0.05, 0.1) is 11.3 Å². The number of benzene rings is 1. The van der Waals surface area contributed by atoms with Crippen molar-refractivity contribution in [3.05, 3.63) is 29.6 Å². The van der Waals surface area contributed by atoms with Crippen LogP contribution in [0.1, 0.15) is 37.7 Å². The van der Waals surface area contributed by atoms with E-state index in [4.69, 9.17) is 0 Å². The lowest BCUT2D eigenvalue weighted by Crippen LogP contribution is -2.41. The maximum absolute atomic E-state index is 13.3. The van der Waals surface area contributed by atoms with Crippen molar-refractivity contribution in [3.8, 4) is 6.07 Å². The molecule has 0 bridgehead atoms. The summed E-state index contributed by atoms with van der Waals surface area (Å²) in [6.07, 6.45) is 6.22. The van der Waals surface area contributed by atoms with Crippen LogP contribution in [0.4, 0.5) is 10.1 Å². The van der Waals surface area contributed by atoms with Gasteiger partial charge in [-0.05, 0) is 57.0 Å². The lowest BCUT2D eigenvalue weighted by molar-refractivity contribution is 0.236. The molecule has 1 unspecified atom stereocenters. The highest BCUT2D eigenvalue weighted by atomic mass is 19.1. The van der Waals surface area contributed by atoms with Crippen LogP contribution in [0.15, 0.2) is 18.2 Å². The molecule has 0 spiro atoms. The summed E-state index contributed by atoms with van der Waals surface area (Å²) < 4.78 is 13.3. The van der Waals surface area contributed by atoms with Crippen LogP contribution in [0.25, 0.3) is 0 Å². The molecule has 0 saturated carbocycles. The first-order chi connectivity index (χ1) is 10.3. The van der Waals surface area contributed by atoms with Gasteiger partial charge >= 0.3 is 0 Å². The number of likely N-dealkylation sites (tertiary alicyclic amines) is 1. The van der Waals surface area contributed by atoms with Crippen molar-refractivity contribution in [2.45, 2.75) is 38.1 Å². The van der Waals surface area contributed by atoms with E-state index in [9.17, 15) is 9.65 Å². The Labute approximate surface area is 126 Å². The molecule has 2 aliphatic rings. The summed E-state index contributed by atoms with van der Waals surface area (Å²) in [5.74, 6) is -0.332. The Morgan fingerprint density at radius 2 is 1.86 bits per heavy atom. The Bertz CT molecular complexity index is 531. The fraction of sp³-hybridized carbons (Fsp3) is 0.588. The van der Waals surface area contributed by atoms with Crippen LogP contribution in [-0.2, 0) is 0 Å². The monoisotopic (exact) mass is 287 g/mol. The van der Waals surface area contributed by atoms with Crippen LogP contribution in [-0.4, -0.2) is 37.1 Å². The highest BCUT2D eigenvalue weighted by molar-refractivity contribution is 5.59. The van der Waals surface area contributed by atoms with Crippen molar-refractivity contribution < 1.29 is 4.39 Å². The molecule has 1 atom stereocenters. The first kappa shape index (κ1) is 14.3. The molecule has 4 heteroatoms. The van der Waals surface area contributed by atoms with Crippen molar-refractivity contribution in [2.24, 2.45) is 0 Å². The van der Waals surface area contributed by atoms with Crippen molar-refractivity contribution in [1.29, 1.82) is 5.26 Å². The normalized spacial score (nSPS) is 23.8. The molecule has 1 aromatic rings. The van der Waals surface area contributed by atoms with Gasteiger partial charge in [-0.2, -0.15) is 5.26 Å². The van der Waals surface area contributed by atoms with Crippen LogP contribution in [0.2, 0.25) is 0 Å². The Hall–Kier alpha value is -1.60. The van der Waals surface area contributed by atoms with E-state index in [0.29, 0.717) is 11.6 Å². The van der Waals surface area contributed by atoms with Gasteiger partial charge in [-0.25, -0.2) is 4.39 Å². The second kappa shape index (κ2) is 6.44. The highest BCUT2D eigenvalue weighted by Crippen LogP contribution is 2.27.